The van der Waals surface area contributed by atoms with E-state index < -0.39 is 12.1 Å². The average Bonchev–Trinajstić information content (AvgIpc) is 2.27. The Labute approximate surface area is 95.5 Å². The summed E-state index contributed by atoms with van der Waals surface area (Å²) in [6, 6.07) is 0. The van der Waals surface area contributed by atoms with Crippen LogP contribution in [-0.2, 0) is 23.8 Å². The van der Waals surface area contributed by atoms with Crippen LogP contribution in [0.5, 0.6) is 0 Å². The summed E-state index contributed by atoms with van der Waals surface area (Å²) in [5, 5.41) is 8.35. The van der Waals surface area contributed by atoms with Crippen LogP contribution in [0.1, 0.15) is 13.8 Å². The third-order valence-corrected chi connectivity index (χ3v) is 1.56. The normalized spacial score (nSPS) is 12.9. The number of hydrogen-bond acceptors (Lipinski definition) is 6. The van der Waals surface area contributed by atoms with Crippen molar-refractivity contribution in [2.24, 2.45) is 5.92 Å². The lowest BCUT2D eigenvalue weighted by Gasteiger charge is -2.05. The molecule has 0 radical (unpaired) electrons. The molecule has 0 fully saturated rings. The molecule has 0 saturated carbocycles. The van der Waals surface area contributed by atoms with E-state index in [0.29, 0.717) is 6.61 Å². The molecule has 0 bridgehead atoms. The van der Waals surface area contributed by atoms with E-state index >= 15 is 0 Å². The Hall–Kier alpha value is -1.14. The topological polar surface area (TPSA) is 82.1 Å². The Kier molecular flexibility index (Phi) is 11.2. The van der Waals surface area contributed by atoms with Gasteiger partial charge in [0.25, 0.3) is 0 Å². The SMILES string of the molecule is COC(=O)C(C)O.COCC(C)C(=O)OC. The van der Waals surface area contributed by atoms with E-state index in [4.69, 9.17) is 9.84 Å². The highest BCUT2D eigenvalue weighted by atomic mass is 16.5. The molecule has 2 atom stereocenters. The lowest BCUT2D eigenvalue weighted by Crippen LogP contribution is -2.17. The maximum atomic E-state index is 10.6. The van der Waals surface area contributed by atoms with Crippen LogP contribution in [0, 0.1) is 5.92 Å². The van der Waals surface area contributed by atoms with E-state index in [-0.39, 0.29) is 11.9 Å². The third-order valence-electron chi connectivity index (χ3n) is 1.56. The molecule has 0 rings (SSSR count). The zero-order valence-corrected chi connectivity index (χ0v) is 10.4. The highest BCUT2D eigenvalue weighted by molar-refractivity contribution is 5.73. The molecular formula is C10H20O6. The Bertz CT molecular complexity index is 201. The lowest BCUT2D eigenvalue weighted by atomic mass is 10.2. The fraction of sp³-hybridized carbons (Fsp3) is 0.800. The van der Waals surface area contributed by atoms with E-state index in [0.717, 1.165) is 0 Å². The molecule has 0 aromatic heterocycles. The van der Waals surface area contributed by atoms with Gasteiger partial charge in [0.2, 0.25) is 0 Å². The summed E-state index contributed by atoms with van der Waals surface area (Å²) in [4.78, 5) is 20.6. The van der Waals surface area contributed by atoms with Gasteiger partial charge in [0.05, 0.1) is 26.7 Å². The average molecular weight is 236 g/mol. The van der Waals surface area contributed by atoms with E-state index in [2.05, 4.69) is 9.47 Å². The molecule has 0 aromatic rings. The molecule has 0 amide bonds. The Balaban J connectivity index is 0. The third kappa shape index (κ3) is 9.42. The van der Waals surface area contributed by atoms with Crippen molar-refractivity contribution in [2.75, 3.05) is 27.9 Å². The number of rotatable bonds is 4. The van der Waals surface area contributed by atoms with E-state index in [1.165, 1.54) is 21.1 Å². The molecule has 6 nitrogen and oxygen atoms in total. The number of esters is 2. The molecule has 0 aliphatic rings. The van der Waals surface area contributed by atoms with Gasteiger partial charge >= 0.3 is 11.9 Å². The fourth-order valence-corrected chi connectivity index (χ4v) is 0.690. The number of methoxy groups -OCH3 is 3. The van der Waals surface area contributed by atoms with Gasteiger partial charge in [-0.25, -0.2) is 4.79 Å². The molecular weight excluding hydrogens is 216 g/mol. The second kappa shape index (κ2) is 10.4. The van der Waals surface area contributed by atoms with Crippen LogP contribution in [0.25, 0.3) is 0 Å². The lowest BCUT2D eigenvalue weighted by molar-refractivity contribution is -0.149. The zero-order valence-electron chi connectivity index (χ0n) is 10.4. The van der Waals surface area contributed by atoms with E-state index in [1.807, 2.05) is 0 Å². The molecule has 0 spiro atoms. The van der Waals surface area contributed by atoms with Crippen molar-refractivity contribution in [3.8, 4) is 0 Å². The number of carbonyl (C=O) groups excluding carboxylic acids is 2. The quantitative estimate of drug-likeness (QED) is 0.691. The molecule has 96 valence electrons. The maximum absolute atomic E-state index is 10.6. The van der Waals surface area contributed by atoms with Crippen molar-refractivity contribution in [1.29, 1.82) is 0 Å². The van der Waals surface area contributed by atoms with Crippen molar-refractivity contribution in [3.63, 3.8) is 0 Å². The second-order valence-electron chi connectivity index (χ2n) is 3.08. The number of aliphatic hydroxyl groups excluding tert-OH is 1. The van der Waals surface area contributed by atoms with E-state index in [1.54, 1.807) is 14.0 Å². The molecule has 0 aliphatic heterocycles. The Morgan fingerprint density at radius 3 is 1.69 bits per heavy atom. The van der Waals surface area contributed by atoms with Crippen molar-refractivity contribution < 1.29 is 28.9 Å². The van der Waals surface area contributed by atoms with Crippen molar-refractivity contribution in [3.05, 3.63) is 0 Å². The molecule has 0 aromatic carbocycles. The van der Waals surface area contributed by atoms with Gasteiger partial charge < -0.3 is 19.3 Å². The van der Waals surface area contributed by atoms with Gasteiger partial charge in [-0.15, -0.1) is 0 Å². The maximum Gasteiger partial charge on any atom is 0.334 e. The van der Waals surface area contributed by atoms with Crippen LogP contribution in [-0.4, -0.2) is 51.1 Å². The second-order valence-corrected chi connectivity index (χ2v) is 3.08. The number of ether oxygens (including phenoxy) is 3. The summed E-state index contributed by atoms with van der Waals surface area (Å²) in [5.74, 6) is -0.975. The molecule has 2 unspecified atom stereocenters. The minimum atomic E-state index is -0.995. The van der Waals surface area contributed by atoms with Crippen molar-refractivity contribution in [1.82, 2.24) is 0 Å². The number of carbonyl (C=O) groups is 2. The molecule has 6 heteroatoms. The van der Waals surface area contributed by atoms with Gasteiger partial charge in [-0.1, -0.05) is 0 Å². The predicted molar refractivity (Wildman–Crippen MR) is 56.8 cm³/mol. The van der Waals surface area contributed by atoms with Gasteiger partial charge in [0, 0.05) is 7.11 Å². The summed E-state index contributed by atoms with van der Waals surface area (Å²) >= 11 is 0. The molecule has 16 heavy (non-hydrogen) atoms. The first kappa shape index (κ1) is 17.3. The summed E-state index contributed by atoms with van der Waals surface area (Å²) in [5.41, 5.74) is 0. The van der Waals surface area contributed by atoms with Crippen LogP contribution in [0.4, 0.5) is 0 Å². The van der Waals surface area contributed by atoms with Gasteiger partial charge in [-0.3, -0.25) is 4.79 Å². The largest absolute Gasteiger partial charge is 0.469 e. The van der Waals surface area contributed by atoms with Crippen molar-refractivity contribution >= 4 is 11.9 Å². The van der Waals surface area contributed by atoms with Crippen LogP contribution < -0.4 is 0 Å². The molecule has 1 N–H and O–H groups in total. The van der Waals surface area contributed by atoms with Crippen LogP contribution in [0.3, 0.4) is 0 Å². The molecule has 0 saturated heterocycles. The van der Waals surface area contributed by atoms with Gasteiger partial charge in [-0.2, -0.15) is 0 Å². The Morgan fingerprint density at radius 2 is 1.50 bits per heavy atom. The minimum Gasteiger partial charge on any atom is -0.469 e. The summed E-state index contributed by atoms with van der Waals surface area (Å²) in [6.45, 7) is 3.54. The van der Waals surface area contributed by atoms with Crippen molar-refractivity contribution in [2.45, 2.75) is 20.0 Å². The van der Waals surface area contributed by atoms with Crippen LogP contribution >= 0.6 is 0 Å². The predicted octanol–water partition coefficient (Wildman–Crippen LogP) is -0.0179. The van der Waals surface area contributed by atoms with E-state index in [9.17, 15) is 9.59 Å². The first-order valence-corrected chi connectivity index (χ1v) is 4.73. The van der Waals surface area contributed by atoms with Gasteiger partial charge in [-0.05, 0) is 13.8 Å². The molecule has 0 heterocycles. The molecule has 0 aliphatic carbocycles. The highest BCUT2D eigenvalue weighted by Crippen LogP contribution is 1.96. The minimum absolute atomic E-state index is 0.153. The first-order valence-electron chi connectivity index (χ1n) is 4.73. The summed E-state index contributed by atoms with van der Waals surface area (Å²) < 4.78 is 13.3. The first-order chi connectivity index (χ1) is 7.40. The summed E-state index contributed by atoms with van der Waals surface area (Å²) in [7, 11) is 4.16. The van der Waals surface area contributed by atoms with Gasteiger partial charge in [0.1, 0.15) is 6.10 Å². The van der Waals surface area contributed by atoms with Crippen LogP contribution in [0.2, 0.25) is 0 Å². The Morgan fingerprint density at radius 1 is 1.06 bits per heavy atom. The number of hydrogen-bond donors (Lipinski definition) is 1. The summed E-state index contributed by atoms with van der Waals surface area (Å²) in [6.07, 6.45) is -0.995. The van der Waals surface area contributed by atoms with Crippen LogP contribution in [0.15, 0.2) is 0 Å². The monoisotopic (exact) mass is 236 g/mol. The number of aliphatic hydroxyl groups is 1. The highest BCUT2D eigenvalue weighted by Gasteiger charge is 2.11. The van der Waals surface area contributed by atoms with Gasteiger partial charge in [0.15, 0.2) is 0 Å². The smallest absolute Gasteiger partial charge is 0.334 e. The standard InChI is InChI=1S/C6H12O3.C4H8O3/c1-5(4-8-2)6(7)9-3;1-3(5)4(6)7-2/h5H,4H2,1-3H3;3,5H,1-2H3. The zero-order chi connectivity index (χ0) is 13.1. The fourth-order valence-electron chi connectivity index (χ4n) is 0.690.